The number of aromatic nitrogens is 2. The van der Waals surface area contributed by atoms with Crippen molar-refractivity contribution in [1.29, 1.82) is 0 Å². The van der Waals surface area contributed by atoms with E-state index >= 15 is 0 Å². The highest BCUT2D eigenvalue weighted by Crippen LogP contribution is 2.16. The number of hydrogen-bond acceptors (Lipinski definition) is 2. The fourth-order valence-corrected chi connectivity index (χ4v) is 0.874. The van der Waals surface area contributed by atoms with Crippen LogP contribution < -0.4 is 4.73 Å². The lowest BCUT2D eigenvalue weighted by molar-refractivity contribution is -0.618. The minimum atomic E-state index is -0.129. The summed E-state index contributed by atoms with van der Waals surface area (Å²) < 4.78 is 0.854. The standard InChI is InChI=1S/C8H12N2O/c1-8(2,3)7-6-9-4-5-10(7)11/h4-6H,1-3H3. The number of hydrogen-bond donors (Lipinski definition) is 0. The molecule has 1 heterocycles. The van der Waals surface area contributed by atoms with Crippen LogP contribution in [-0.2, 0) is 5.41 Å². The van der Waals surface area contributed by atoms with Crippen molar-refractivity contribution in [2.75, 3.05) is 0 Å². The second kappa shape index (κ2) is 2.49. The third kappa shape index (κ3) is 1.67. The summed E-state index contributed by atoms with van der Waals surface area (Å²) >= 11 is 0. The van der Waals surface area contributed by atoms with Gasteiger partial charge in [0.25, 0.3) is 0 Å². The molecule has 0 bridgehead atoms. The zero-order chi connectivity index (χ0) is 8.48. The highest BCUT2D eigenvalue weighted by Gasteiger charge is 2.22. The van der Waals surface area contributed by atoms with Gasteiger partial charge >= 0.3 is 0 Å². The predicted octanol–water partition coefficient (Wildman–Crippen LogP) is 1.01. The number of nitrogens with zero attached hydrogens (tertiary/aromatic N) is 2. The van der Waals surface area contributed by atoms with E-state index in [0.29, 0.717) is 5.69 Å². The molecule has 1 aromatic heterocycles. The second-order valence-electron chi connectivity index (χ2n) is 3.54. The van der Waals surface area contributed by atoms with Gasteiger partial charge in [-0.3, -0.25) is 4.98 Å². The monoisotopic (exact) mass is 152 g/mol. The fraction of sp³-hybridized carbons (Fsp3) is 0.500. The minimum absolute atomic E-state index is 0.129. The van der Waals surface area contributed by atoms with Gasteiger partial charge < -0.3 is 5.21 Å². The van der Waals surface area contributed by atoms with Crippen LogP contribution in [0.4, 0.5) is 0 Å². The van der Waals surface area contributed by atoms with E-state index in [1.807, 2.05) is 20.8 Å². The van der Waals surface area contributed by atoms with E-state index in [0.717, 1.165) is 4.73 Å². The van der Waals surface area contributed by atoms with Gasteiger partial charge in [-0.2, -0.15) is 4.73 Å². The summed E-state index contributed by atoms with van der Waals surface area (Å²) in [6.45, 7) is 5.95. The summed E-state index contributed by atoms with van der Waals surface area (Å²) in [5.41, 5.74) is 0.565. The Hall–Kier alpha value is -1.12. The molecule has 11 heavy (non-hydrogen) atoms. The Morgan fingerprint density at radius 1 is 1.45 bits per heavy atom. The Morgan fingerprint density at radius 3 is 2.45 bits per heavy atom. The van der Waals surface area contributed by atoms with Gasteiger partial charge in [0.15, 0.2) is 6.20 Å². The molecule has 0 radical (unpaired) electrons. The highest BCUT2D eigenvalue weighted by molar-refractivity contribution is 5.01. The molecule has 0 atom stereocenters. The second-order valence-corrected chi connectivity index (χ2v) is 3.54. The van der Waals surface area contributed by atoms with Crippen LogP contribution in [0.5, 0.6) is 0 Å². The first-order chi connectivity index (χ1) is 5.02. The van der Waals surface area contributed by atoms with E-state index in [9.17, 15) is 5.21 Å². The van der Waals surface area contributed by atoms with Gasteiger partial charge in [-0.05, 0) is 0 Å². The molecular formula is C8H12N2O. The lowest BCUT2D eigenvalue weighted by Gasteiger charge is -2.15. The van der Waals surface area contributed by atoms with Crippen LogP contribution in [0.3, 0.4) is 0 Å². The molecule has 0 saturated carbocycles. The van der Waals surface area contributed by atoms with E-state index in [1.54, 1.807) is 6.20 Å². The SMILES string of the molecule is CC(C)(C)c1cncc[n+]1[O-]. The van der Waals surface area contributed by atoms with Crippen LogP contribution in [0.25, 0.3) is 0 Å². The average Bonchev–Trinajstić information content (AvgIpc) is 1.86. The molecule has 1 aromatic rings. The molecule has 0 spiro atoms. The van der Waals surface area contributed by atoms with Crippen LogP contribution in [0.1, 0.15) is 26.5 Å². The molecule has 0 fully saturated rings. The Labute approximate surface area is 66.3 Å². The third-order valence-corrected chi connectivity index (χ3v) is 1.49. The average molecular weight is 152 g/mol. The largest absolute Gasteiger partial charge is 0.618 e. The lowest BCUT2D eigenvalue weighted by atomic mass is 9.93. The van der Waals surface area contributed by atoms with E-state index in [4.69, 9.17) is 0 Å². The Morgan fingerprint density at radius 2 is 2.09 bits per heavy atom. The molecule has 0 saturated heterocycles. The van der Waals surface area contributed by atoms with Crippen LogP contribution >= 0.6 is 0 Å². The first-order valence-electron chi connectivity index (χ1n) is 3.55. The highest BCUT2D eigenvalue weighted by atomic mass is 16.5. The summed E-state index contributed by atoms with van der Waals surface area (Å²) in [6.07, 6.45) is 4.51. The fourth-order valence-electron chi connectivity index (χ4n) is 0.874. The maximum atomic E-state index is 11.1. The van der Waals surface area contributed by atoms with Gasteiger partial charge in [0.2, 0.25) is 5.69 Å². The summed E-state index contributed by atoms with van der Waals surface area (Å²) in [7, 11) is 0. The normalized spacial score (nSPS) is 11.5. The van der Waals surface area contributed by atoms with Gasteiger partial charge in [0.05, 0.1) is 12.4 Å². The van der Waals surface area contributed by atoms with Crippen molar-refractivity contribution in [3.8, 4) is 0 Å². The van der Waals surface area contributed by atoms with E-state index in [1.165, 1.54) is 12.4 Å². The first-order valence-corrected chi connectivity index (χ1v) is 3.55. The molecule has 0 amide bonds. The van der Waals surface area contributed by atoms with Crippen LogP contribution in [0, 0.1) is 5.21 Å². The van der Waals surface area contributed by atoms with Gasteiger partial charge in [-0.25, -0.2) is 0 Å². The van der Waals surface area contributed by atoms with Crippen molar-refractivity contribution >= 4 is 0 Å². The zero-order valence-corrected chi connectivity index (χ0v) is 7.03. The molecule has 0 aliphatic rings. The minimum Gasteiger partial charge on any atom is -0.618 e. The van der Waals surface area contributed by atoms with Crippen molar-refractivity contribution in [3.05, 3.63) is 29.5 Å². The predicted molar refractivity (Wildman–Crippen MR) is 41.9 cm³/mol. The van der Waals surface area contributed by atoms with E-state index in [2.05, 4.69) is 4.98 Å². The van der Waals surface area contributed by atoms with E-state index in [-0.39, 0.29) is 5.41 Å². The zero-order valence-electron chi connectivity index (χ0n) is 7.03. The molecular weight excluding hydrogens is 140 g/mol. The van der Waals surface area contributed by atoms with Crippen molar-refractivity contribution < 1.29 is 4.73 Å². The molecule has 0 unspecified atom stereocenters. The molecule has 0 N–H and O–H groups in total. The maximum Gasteiger partial charge on any atom is 0.216 e. The van der Waals surface area contributed by atoms with Crippen molar-refractivity contribution in [1.82, 2.24) is 4.98 Å². The van der Waals surface area contributed by atoms with Crippen molar-refractivity contribution in [3.63, 3.8) is 0 Å². The van der Waals surface area contributed by atoms with Gasteiger partial charge in [-0.15, -0.1) is 0 Å². The molecule has 1 rings (SSSR count). The quantitative estimate of drug-likeness (QED) is 0.411. The molecule has 0 aliphatic heterocycles. The summed E-state index contributed by atoms with van der Waals surface area (Å²) in [6, 6.07) is 0. The van der Waals surface area contributed by atoms with Crippen molar-refractivity contribution in [2.24, 2.45) is 0 Å². The van der Waals surface area contributed by atoms with Crippen LogP contribution in [0.2, 0.25) is 0 Å². The smallest absolute Gasteiger partial charge is 0.216 e. The summed E-state index contributed by atoms with van der Waals surface area (Å²) in [5, 5.41) is 11.1. The number of rotatable bonds is 0. The summed E-state index contributed by atoms with van der Waals surface area (Å²) in [4.78, 5) is 3.89. The van der Waals surface area contributed by atoms with Gasteiger partial charge in [0.1, 0.15) is 0 Å². The van der Waals surface area contributed by atoms with Crippen molar-refractivity contribution in [2.45, 2.75) is 26.2 Å². The molecule has 60 valence electrons. The Bertz CT molecular complexity index is 253. The van der Waals surface area contributed by atoms with Gasteiger partial charge in [-0.1, -0.05) is 20.8 Å². The molecule has 0 aromatic carbocycles. The van der Waals surface area contributed by atoms with Crippen LogP contribution in [-0.4, -0.2) is 4.98 Å². The molecule has 0 aliphatic carbocycles. The molecule has 3 nitrogen and oxygen atoms in total. The topological polar surface area (TPSA) is 39.8 Å². The molecule has 3 heteroatoms. The Kier molecular flexibility index (Phi) is 1.81. The van der Waals surface area contributed by atoms with Gasteiger partial charge in [0, 0.05) is 5.41 Å². The first kappa shape index (κ1) is 7.98. The van der Waals surface area contributed by atoms with Crippen LogP contribution in [0.15, 0.2) is 18.6 Å². The third-order valence-electron chi connectivity index (χ3n) is 1.49. The maximum absolute atomic E-state index is 11.1. The Balaban J connectivity index is 3.14. The van der Waals surface area contributed by atoms with E-state index < -0.39 is 0 Å². The lowest BCUT2D eigenvalue weighted by Crippen LogP contribution is -2.37. The summed E-state index contributed by atoms with van der Waals surface area (Å²) in [5.74, 6) is 0.